The molecule has 2 N–H and O–H groups in total. The van der Waals surface area contributed by atoms with Gasteiger partial charge in [-0.05, 0) is 35.4 Å². The molecule has 0 aliphatic carbocycles. The quantitative estimate of drug-likeness (QED) is 0.318. The molecular formula is C29H37N7OS. The number of nitrogens with one attached hydrogen (secondary N) is 2. The Labute approximate surface area is 228 Å². The molecule has 5 heterocycles. The van der Waals surface area contributed by atoms with E-state index in [1.165, 1.54) is 16.0 Å². The van der Waals surface area contributed by atoms with Gasteiger partial charge in [0.1, 0.15) is 11.6 Å². The summed E-state index contributed by atoms with van der Waals surface area (Å²) in [6.07, 6.45) is 9.60. The molecule has 4 aromatic rings. The first-order chi connectivity index (χ1) is 18.7. The fourth-order valence-corrected chi connectivity index (χ4v) is 6.48. The molecule has 1 spiro atoms. The number of hydrogen-bond donors (Lipinski definition) is 2. The molecule has 2 aliphatic heterocycles. The van der Waals surface area contributed by atoms with Crippen molar-refractivity contribution in [1.82, 2.24) is 34.6 Å². The fourth-order valence-electron chi connectivity index (χ4n) is 5.73. The number of imidazole rings is 2. The van der Waals surface area contributed by atoms with Gasteiger partial charge in [0.2, 0.25) is 0 Å². The lowest BCUT2D eigenvalue weighted by Gasteiger charge is -2.47. The highest BCUT2D eigenvalue weighted by molar-refractivity contribution is 7.09. The van der Waals surface area contributed by atoms with Crippen LogP contribution in [-0.2, 0) is 37.5 Å². The summed E-state index contributed by atoms with van der Waals surface area (Å²) in [6.45, 7) is 9.48. The molecule has 1 aromatic carbocycles. The molecule has 0 unspecified atom stereocenters. The Morgan fingerprint density at radius 2 is 1.55 bits per heavy atom. The summed E-state index contributed by atoms with van der Waals surface area (Å²) in [6, 6.07) is 13.5. The lowest BCUT2D eigenvalue weighted by Crippen LogP contribution is -2.56. The van der Waals surface area contributed by atoms with E-state index in [1.54, 1.807) is 12.4 Å². The van der Waals surface area contributed by atoms with Crippen LogP contribution in [0.5, 0.6) is 0 Å². The number of rotatable bonds is 10. The number of likely N-dealkylation sites (tertiary alicyclic amines) is 1. The summed E-state index contributed by atoms with van der Waals surface area (Å²) >= 11 is 1.86. The van der Waals surface area contributed by atoms with Gasteiger partial charge >= 0.3 is 0 Å². The van der Waals surface area contributed by atoms with Gasteiger partial charge in [0.05, 0.1) is 25.3 Å². The largest absolute Gasteiger partial charge is 0.372 e. The molecule has 2 saturated heterocycles. The first kappa shape index (κ1) is 25.5. The van der Waals surface area contributed by atoms with Crippen molar-refractivity contribution in [1.29, 1.82) is 0 Å². The van der Waals surface area contributed by atoms with E-state index in [9.17, 15) is 0 Å². The number of ether oxygens (including phenoxy) is 1. The van der Waals surface area contributed by atoms with Crippen LogP contribution in [0.2, 0.25) is 0 Å². The van der Waals surface area contributed by atoms with E-state index in [2.05, 4.69) is 76.4 Å². The maximum Gasteiger partial charge on any atom is 0.120 e. The molecule has 0 atom stereocenters. The molecule has 0 bridgehead atoms. The van der Waals surface area contributed by atoms with Crippen LogP contribution in [0.3, 0.4) is 0 Å². The second-order valence-electron chi connectivity index (χ2n) is 10.6. The van der Waals surface area contributed by atoms with Gasteiger partial charge in [-0.2, -0.15) is 0 Å². The van der Waals surface area contributed by atoms with Crippen LogP contribution >= 0.6 is 11.3 Å². The van der Waals surface area contributed by atoms with Gasteiger partial charge in [-0.25, -0.2) is 9.97 Å². The van der Waals surface area contributed by atoms with Gasteiger partial charge in [0.15, 0.2) is 0 Å². The minimum absolute atomic E-state index is 0.0162. The van der Waals surface area contributed by atoms with Crippen LogP contribution in [0.25, 0.3) is 0 Å². The van der Waals surface area contributed by atoms with Crippen molar-refractivity contribution in [3.05, 3.63) is 94.2 Å². The van der Waals surface area contributed by atoms with E-state index < -0.39 is 0 Å². The van der Waals surface area contributed by atoms with Crippen LogP contribution in [-0.4, -0.2) is 73.0 Å². The van der Waals surface area contributed by atoms with E-state index in [0.29, 0.717) is 0 Å². The molecule has 3 aromatic heterocycles. The van der Waals surface area contributed by atoms with E-state index in [4.69, 9.17) is 4.74 Å². The number of benzene rings is 1. The van der Waals surface area contributed by atoms with Crippen LogP contribution in [0.4, 0.5) is 0 Å². The van der Waals surface area contributed by atoms with E-state index in [1.807, 2.05) is 23.7 Å². The summed E-state index contributed by atoms with van der Waals surface area (Å²) in [7, 11) is 0. The molecular weight excluding hydrogens is 494 g/mol. The maximum absolute atomic E-state index is 6.42. The third kappa shape index (κ3) is 6.59. The third-order valence-corrected chi connectivity index (χ3v) is 8.61. The summed E-state index contributed by atoms with van der Waals surface area (Å²) in [5.41, 5.74) is 2.68. The molecule has 0 radical (unpaired) electrons. The van der Waals surface area contributed by atoms with Crippen molar-refractivity contribution in [3.63, 3.8) is 0 Å². The monoisotopic (exact) mass is 531 g/mol. The highest BCUT2D eigenvalue weighted by Crippen LogP contribution is 2.31. The SMILES string of the molecule is c1csc(CN2CCC3(CC2)CN(Cc2ccc(CN(Cc4ncc[nH]4)Cc4ncc[nH]4)cc2)CCO3)c1. The molecule has 38 heavy (non-hydrogen) atoms. The van der Waals surface area contributed by atoms with Crippen LogP contribution in [0.15, 0.2) is 66.6 Å². The predicted molar refractivity (Wildman–Crippen MR) is 149 cm³/mol. The smallest absolute Gasteiger partial charge is 0.120 e. The van der Waals surface area contributed by atoms with Crippen molar-refractivity contribution >= 4 is 11.3 Å². The minimum Gasteiger partial charge on any atom is -0.372 e. The number of hydrogen-bond acceptors (Lipinski definition) is 7. The molecule has 9 heteroatoms. The molecule has 2 fully saturated rings. The van der Waals surface area contributed by atoms with Crippen molar-refractivity contribution in [2.75, 3.05) is 32.8 Å². The number of aromatic nitrogens is 4. The second-order valence-corrected chi connectivity index (χ2v) is 11.7. The van der Waals surface area contributed by atoms with Crippen molar-refractivity contribution in [2.24, 2.45) is 0 Å². The number of aromatic amines is 2. The summed E-state index contributed by atoms with van der Waals surface area (Å²) in [4.78, 5) is 24.3. The normalized spacial score (nSPS) is 18.4. The number of nitrogens with zero attached hydrogens (tertiary/aromatic N) is 5. The highest BCUT2D eigenvalue weighted by Gasteiger charge is 2.39. The number of piperidine rings is 1. The summed E-state index contributed by atoms with van der Waals surface area (Å²) in [5.74, 6) is 1.93. The predicted octanol–water partition coefficient (Wildman–Crippen LogP) is 4.26. The molecule has 8 nitrogen and oxygen atoms in total. The van der Waals surface area contributed by atoms with Gasteiger partial charge in [-0.15, -0.1) is 11.3 Å². The van der Waals surface area contributed by atoms with E-state index >= 15 is 0 Å². The molecule has 6 rings (SSSR count). The molecule has 200 valence electrons. The zero-order valence-corrected chi connectivity index (χ0v) is 22.7. The number of morpholine rings is 1. The van der Waals surface area contributed by atoms with E-state index in [-0.39, 0.29) is 5.60 Å². The first-order valence-electron chi connectivity index (χ1n) is 13.6. The van der Waals surface area contributed by atoms with Gasteiger partial charge in [-0.3, -0.25) is 14.7 Å². The lowest BCUT2D eigenvalue weighted by atomic mass is 9.89. The molecule has 2 aliphatic rings. The molecule has 0 saturated carbocycles. The van der Waals surface area contributed by atoms with Gasteiger partial charge in [0.25, 0.3) is 0 Å². The minimum atomic E-state index is 0.0162. The van der Waals surface area contributed by atoms with Gasteiger partial charge < -0.3 is 14.7 Å². The Kier molecular flexibility index (Phi) is 7.99. The van der Waals surface area contributed by atoms with Crippen LogP contribution in [0.1, 0.15) is 40.5 Å². The Hall–Kier alpha value is -2.82. The zero-order chi connectivity index (χ0) is 25.6. The highest BCUT2D eigenvalue weighted by atomic mass is 32.1. The zero-order valence-electron chi connectivity index (χ0n) is 21.9. The van der Waals surface area contributed by atoms with Gasteiger partial charge in [0, 0.05) is 75.5 Å². The fraction of sp³-hybridized carbons (Fsp3) is 0.448. The lowest BCUT2D eigenvalue weighted by molar-refractivity contribution is -0.138. The van der Waals surface area contributed by atoms with Crippen molar-refractivity contribution < 1.29 is 4.74 Å². The summed E-state index contributed by atoms with van der Waals surface area (Å²) in [5, 5.41) is 2.17. The molecule has 0 amide bonds. The topological polar surface area (TPSA) is 76.3 Å². The van der Waals surface area contributed by atoms with Crippen LogP contribution in [0, 0.1) is 0 Å². The Bertz CT molecular complexity index is 1180. The first-order valence-corrected chi connectivity index (χ1v) is 14.5. The number of thiophene rings is 1. The number of H-pyrrole nitrogens is 2. The van der Waals surface area contributed by atoms with Crippen LogP contribution < -0.4 is 0 Å². The standard InChI is InChI=1S/C29H37N7OS/c1-2-26(38-17-1)20-34-13-7-29(8-14-34)23-35(15-16-37-29)18-24-3-5-25(6-4-24)19-36(21-27-30-9-10-31-27)22-28-32-11-12-33-28/h1-6,9-12,17H,7-8,13-16,18-23H2,(H,30,31)(H,32,33). The summed E-state index contributed by atoms with van der Waals surface area (Å²) < 4.78 is 6.42. The van der Waals surface area contributed by atoms with Gasteiger partial charge in [-0.1, -0.05) is 30.3 Å². The Morgan fingerprint density at radius 1 is 0.842 bits per heavy atom. The Balaban J connectivity index is 1.02. The average molecular weight is 532 g/mol. The second kappa shape index (κ2) is 11.9. The van der Waals surface area contributed by atoms with Crippen molar-refractivity contribution in [2.45, 2.75) is 51.2 Å². The Morgan fingerprint density at radius 3 is 2.18 bits per heavy atom. The van der Waals surface area contributed by atoms with Crippen molar-refractivity contribution in [3.8, 4) is 0 Å². The van der Waals surface area contributed by atoms with E-state index in [0.717, 1.165) is 90.0 Å². The average Bonchev–Trinajstić information content (AvgIpc) is 3.72. The maximum atomic E-state index is 6.42. The third-order valence-electron chi connectivity index (χ3n) is 7.75.